The molecule has 206 valence electrons. The molecule has 4 aliphatic carbocycles. The molecule has 0 spiro atoms. The second kappa shape index (κ2) is 10.4. The van der Waals surface area contributed by atoms with E-state index in [-0.39, 0.29) is 29.8 Å². The lowest BCUT2D eigenvalue weighted by molar-refractivity contribution is -0.141. The highest BCUT2D eigenvalue weighted by molar-refractivity contribution is 5.93. The minimum absolute atomic E-state index is 0.0950. The summed E-state index contributed by atoms with van der Waals surface area (Å²) in [6, 6.07) is 6.02. The van der Waals surface area contributed by atoms with Crippen LogP contribution in [0, 0.1) is 23.2 Å². The Kier molecular flexibility index (Phi) is 6.99. The highest BCUT2D eigenvalue weighted by Gasteiger charge is 2.52. The van der Waals surface area contributed by atoms with Crippen molar-refractivity contribution >= 4 is 17.8 Å². The third-order valence-corrected chi connectivity index (χ3v) is 9.79. The van der Waals surface area contributed by atoms with Crippen LogP contribution < -0.4 is 9.47 Å². The summed E-state index contributed by atoms with van der Waals surface area (Å²) in [6.45, 7) is 1.45. The van der Waals surface area contributed by atoms with Gasteiger partial charge in [0.15, 0.2) is 5.78 Å². The summed E-state index contributed by atoms with van der Waals surface area (Å²) >= 11 is 0. The van der Waals surface area contributed by atoms with E-state index >= 15 is 0 Å². The summed E-state index contributed by atoms with van der Waals surface area (Å²) in [6.07, 6.45) is 10.1. The van der Waals surface area contributed by atoms with E-state index in [0.717, 1.165) is 30.6 Å². The van der Waals surface area contributed by atoms with Gasteiger partial charge < -0.3 is 19.1 Å². The second-order valence-corrected chi connectivity index (χ2v) is 12.4. The topological polar surface area (TPSA) is 85.4 Å². The maximum Gasteiger partial charge on any atom is 0.410 e. The Morgan fingerprint density at radius 3 is 2.05 bits per heavy atom. The van der Waals surface area contributed by atoms with Crippen molar-refractivity contribution < 1.29 is 28.6 Å². The number of Topliss-reactive ketones (excluding diaryl/α,β-unsaturated/α-hetero) is 1. The fourth-order valence-electron chi connectivity index (χ4n) is 8.49. The van der Waals surface area contributed by atoms with Gasteiger partial charge in [-0.1, -0.05) is 0 Å². The molecule has 2 atom stereocenters. The second-order valence-electron chi connectivity index (χ2n) is 12.4. The van der Waals surface area contributed by atoms with Crippen LogP contribution in [0.2, 0.25) is 0 Å². The zero-order valence-electron chi connectivity index (χ0n) is 22.4. The van der Waals surface area contributed by atoms with Gasteiger partial charge in [-0.25, -0.2) is 4.79 Å². The molecule has 2 saturated heterocycles. The lowest BCUT2D eigenvalue weighted by atomic mass is 9.50. The molecular weight excluding hydrogens is 484 g/mol. The van der Waals surface area contributed by atoms with Crippen LogP contribution >= 0.6 is 0 Å². The van der Waals surface area contributed by atoms with E-state index in [1.54, 1.807) is 41.2 Å². The molecule has 6 fully saturated rings. The number of benzene rings is 1. The zero-order valence-corrected chi connectivity index (χ0v) is 22.4. The average Bonchev–Trinajstić information content (AvgIpc) is 3.60. The summed E-state index contributed by atoms with van der Waals surface area (Å²) in [7, 11) is 1.60. The minimum Gasteiger partial charge on any atom is -0.497 e. The molecule has 4 bridgehead atoms. The number of hydrogen-bond donors (Lipinski definition) is 0. The van der Waals surface area contributed by atoms with Gasteiger partial charge in [-0.05, 0) is 106 Å². The molecule has 7 rings (SSSR count). The first-order valence-corrected chi connectivity index (χ1v) is 14.5. The molecule has 0 radical (unpaired) electrons. The number of nitrogens with zero attached hydrogens (tertiary/aromatic N) is 2. The molecule has 2 heterocycles. The standard InChI is InChI=1S/C30H40N2O6/c1-36-23-6-8-24(9-7-23)37-18-27(33)25-4-2-10-31(25)28(34)26-5-3-11-32(26)29(35)38-19-30-15-20-12-21(16-30)14-22(13-20)17-30/h6-9,20-22,25-26H,2-5,10-19H2,1H3/t20?,21?,22?,25-,26-,30?/m0/s1. The largest absolute Gasteiger partial charge is 0.497 e. The molecule has 8 heteroatoms. The molecule has 2 amide bonds. The number of likely N-dealkylation sites (tertiary alicyclic amines) is 2. The summed E-state index contributed by atoms with van der Waals surface area (Å²) in [5.41, 5.74) is 0.153. The number of methoxy groups -OCH3 is 1. The van der Waals surface area contributed by atoms with Crippen LogP contribution in [0.15, 0.2) is 24.3 Å². The maximum absolute atomic E-state index is 13.6. The van der Waals surface area contributed by atoms with Gasteiger partial charge in [0.25, 0.3) is 0 Å². The Labute approximate surface area is 225 Å². The maximum atomic E-state index is 13.6. The van der Waals surface area contributed by atoms with E-state index in [9.17, 15) is 14.4 Å². The van der Waals surface area contributed by atoms with Crippen molar-refractivity contribution in [1.82, 2.24) is 9.80 Å². The van der Waals surface area contributed by atoms with Gasteiger partial charge in [-0.2, -0.15) is 0 Å². The van der Waals surface area contributed by atoms with E-state index in [4.69, 9.17) is 14.2 Å². The minimum atomic E-state index is -0.547. The Hall–Kier alpha value is -2.77. The Balaban J connectivity index is 1.04. The van der Waals surface area contributed by atoms with Gasteiger partial charge in [0.05, 0.1) is 19.8 Å². The molecule has 0 N–H and O–H groups in total. The van der Waals surface area contributed by atoms with Crippen LogP contribution in [0.3, 0.4) is 0 Å². The monoisotopic (exact) mass is 524 g/mol. The average molecular weight is 525 g/mol. The van der Waals surface area contributed by atoms with Crippen molar-refractivity contribution in [3.05, 3.63) is 24.3 Å². The third kappa shape index (κ3) is 4.98. The lowest BCUT2D eigenvalue weighted by Gasteiger charge is -2.56. The lowest BCUT2D eigenvalue weighted by Crippen LogP contribution is -2.52. The Morgan fingerprint density at radius 2 is 1.42 bits per heavy atom. The highest BCUT2D eigenvalue weighted by Crippen LogP contribution is 2.60. The van der Waals surface area contributed by atoms with Crippen molar-refractivity contribution in [3.8, 4) is 11.5 Å². The van der Waals surface area contributed by atoms with Gasteiger partial charge in [-0.15, -0.1) is 0 Å². The molecule has 0 unspecified atom stereocenters. The van der Waals surface area contributed by atoms with Crippen LogP contribution in [0.1, 0.15) is 64.2 Å². The molecule has 38 heavy (non-hydrogen) atoms. The van der Waals surface area contributed by atoms with E-state index < -0.39 is 12.1 Å². The van der Waals surface area contributed by atoms with Crippen molar-refractivity contribution in [2.75, 3.05) is 33.4 Å². The van der Waals surface area contributed by atoms with Gasteiger partial charge >= 0.3 is 6.09 Å². The van der Waals surface area contributed by atoms with Crippen molar-refractivity contribution in [1.29, 1.82) is 0 Å². The Morgan fingerprint density at radius 1 is 0.842 bits per heavy atom. The normalized spacial score (nSPS) is 33.4. The predicted molar refractivity (Wildman–Crippen MR) is 140 cm³/mol. The summed E-state index contributed by atoms with van der Waals surface area (Å²) < 4.78 is 16.8. The van der Waals surface area contributed by atoms with E-state index in [0.29, 0.717) is 44.0 Å². The number of carbonyl (C=O) groups is 3. The number of rotatable bonds is 8. The van der Waals surface area contributed by atoms with Crippen LogP contribution in [0.5, 0.6) is 11.5 Å². The SMILES string of the molecule is COc1ccc(OCC(=O)[C@@H]2CCCN2C(=O)[C@@H]2CCCN2C(=O)OCC23CC4CC(CC(C4)C2)C3)cc1. The fraction of sp³-hybridized carbons (Fsp3) is 0.700. The summed E-state index contributed by atoms with van der Waals surface area (Å²) in [4.78, 5) is 43.2. The summed E-state index contributed by atoms with van der Waals surface area (Å²) in [5.74, 6) is 3.47. The van der Waals surface area contributed by atoms with Crippen molar-refractivity contribution in [3.63, 3.8) is 0 Å². The molecule has 1 aromatic carbocycles. The van der Waals surface area contributed by atoms with Crippen molar-refractivity contribution in [2.24, 2.45) is 23.2 Å². The van der Waals surface area contributed by atoms with Gasteiger partial charge in [-0.3, -0.25) is 14.5 Å². The number of ether oxygens (including phenoxy) is 3. The van der Waals surface area contributed by atoms with Crippen LogP contribution in [0.25, 0.3) is 0 Å². The van der Waals surface area contributed by atoms with Crippen LogP contribution in [0.4, 0.5) is 4.79 Å². The predicted octanol–water partition coefficient (Wildman–Crippen LogP) is 4.45. The molecule has 0 aromatic heterocycles. The van der Waals surface area contributed by atoms with Gasteiger partial charge in [0.2, 0.25) is 5.91 Å². The van der Waals surface area contributed by atoms with Crippen LogP contribution in [-0.4, -0.2) is 73.1 Å². The molecule has 8 nitrogen and oxygen atoms in total. The quantitative estimate of drug-likeness (QED) is 0.500. The molecule has 2 aliphatic heterocycles. The molecule has 1 aromatic rings. The Bertz CT molecular complexity index is 1020. The first-order chi connectivity index (χ1) is 18.4. The number of ketones is 1. The van der Waals surface area contributed by atoms with E-state index in [1.807, 2.05) is 0 Å². The highest BCUT2D eigenvalue weighted by atomic mass is 16.6. The first kappa shape index (κ1) is 25.5. The van der Waals surface area contributed by atoms with Crippen LogP contribution in [-0.2, 0) is 14.3 Å². The fourth-order valence-corrected chi connectivity index (χ4v) is 8.49. The molecule has 6 aliphatic rings. The smallest absolute Gasteiger partial charge is 0.410 e. The zero-order chi connectivity index (χ0) is 26.3. The van der Waals surface area contributed by atoms with E-state index in [1.165, 1.54) is 38.5 Å². The molecule has 4 saturated carbocycles. The van der Waals surface area contributed by atoms with Crippen molar-refractivity contribution in [2.45, 2.75) is 76.3 Å². The first-order valence-electron chi connectivity index (χ1n) is 14.5. The van der Waals surface area contributed by atoms with E-state index in [2.05, 4.69) is 0 Å². The number of hydrogen-bond acceptors (Lipinski definition) is 6. The third-order valence-electron chi connectivity index (χ3n) is 9.79. The number of carbonyl (C=O) groups excluding carboxylic acids is 3. The van der Waals surface area contributed by atoms with Gasteiger partial charge in [0, 0.05) is 18.5 Å². The summed E-state index contributed by atoms with van der Waals surface area (Å²) in [5, 5.41) is 0. The number of amides is 2. The molecular formula is C30H40N2O6. The van der Waals surface area contributed by atoms with Gasteiger partial charge in [0.1, 0.15) is 24.1 Å².